The molecule has 43 heavy (non-hydrogen) atoms. The van der Waals surface area contributed by atoms with Gasteiger partial charge in [-0.05, 0) is 67.1 Å². The van der Waals surface area contributed by atoms with Gasteiger partial charge in [0.25, 0.3) is 5.91 Å². The highest BCUT2D eigenvalue weighted by Gasteiger charge is 2.16. The number of amides is 2. The monoisotopic (exact) mass is 615 g/mol. The summed E-state index contributed by atoms with van der Waals surface area (Å²) in [5.41, 5.74) is 5.83. The second kappa shape index (κ2) is 13.6. The summed E-state index contributed by atoms with van der Waals surface area (Å²) in [7, 11) is 1.60. The van der Waals surface area contributed by atoms with Crippen LogP contribution in [0.5, 0.6) is 5.75 Å². The van der Waals surface area contributed by atoms with Gasteiger partial charge in [0.1, 0.15) is 5.75 Å². The Morgan fingerprint density at radius 3 is 2.28 bits per heavy atom. The van der Waals surface area contributed by atoms with Crippen LogP contribution in [0.2, 0.25) is 0 Å². The summed E-state index contributed by atoms with van der Waals surface area (Å²) in [6.45, 7) is 3.28. The number of rotatable bonds is 10. The number of halogens is 2. The first-order chi connectivity index (χ1) is 20.9. The Kier molecular flexibility index (Phi) is 9.49. The lowest BCUT2D eigenvalue weighted by atomic mass is 10.0. The topological polar surface area (TPSA) is 95.6 Å². The number of benzene rings is 4. The van der Waals surface area contributed by atoms with Gasteiger partial charge in [-0.2, -0.15) is 0 Å². The van der Waals surface area contributed by atoms with Crippen molar-refractivity contribution in [2.75, 3.05) is 47.4 Å². The molecule has 5 aromatic rings. The van der Waals surface area contributed by atoms with E-state index < -0.39 is 6.09 Å². The molecule has 0 unspecified atom stereocenters. The smallest absolute Gasteiger partial charge is 0.410 e. The Bertz CT molecular complexity index is 1770. The number of alkyl halides is 2. The fourth-order valence-electron chi connectivity index (χ4n) is 4.99. The summed E-state index contributed by atoms with van der Waals surface area (Å²) >= 11 is 11.8. The molecule has 0 aliphatic heterocycles. The molecule has 0 saturated heterocycles. The number of hydrogen-bond acceptors (Lipinski definition) is 6. The summed E-state index contributed by atoms with van der Waals surface area (Å²) in [5, 5.41) is 10.8. The van der Waals surface area contributed by atoms with E-state index in [-0.39, 0.29) is 5.91 Å². The summed E-state index contributed by atoms with van der Waals surface area (Å²) in [5.74, 6) is 1.16. The molecule has 0 saturated carbocycles. The number of fused-ring (bicyclic) bond motifs is 2. The van der Waals surface area contributed by atoms with Gasteiger partial charge in [-0.15, -0.1) is 23.2 Å². The zero-order valence-corrected chi connectivity index (χ0v) is 25.3. The number of aromatic nitrogens is 1. The molecule has 0 spiro atoms. The first-order valence-electron chi connectivity index (χ1n) is 13.8. The highest BCUT2D eigenvalue weighted by molar-refractivity contribution is 6.18. The number of pyridine rings is 1. The number of hydrogen-bond donors (Lipinski definition) is 3. The first-order valence-corrected chi connectivity index (χ1v) is 14.8. The second-order valence-corrected chi connectivity index (χ2v) is 10.6. The maximum absolute atomic E-state index is 12.8. The van der Waals surface area contributed by atoms with Gasteiger partial charge in [0.2, 0.25) is 0 Å². The lowest BCUT2D eigenvalue weighted by Crippen LogP contribution is -2.27. The van der Waals surface area contributed by atoms with E-state index in [0.717, 1.165) is 38.9 Å². The van der Waals surface area contributed by atoms with Gasteiger partial charge >= 0.3 is 6.09 Å². The van der Waals surface area contributed by atoms with Crippen LogP contribution in [0.15, 0.2) is 84.9 Å². The summed E-state index contributed by atoms with van der Waals surface area (Å²) in [6, 6.07) is 26.2. The number of para-hydroxylation sites is 2. The van der Waals surface area contributed by atoms with Crippen molar-refractivity contribution in [1.82, 2.24) is 10.3 Å². The average molecular weight is 617 g/mol. The maximum atomic E-state index is 12.8. The van der Waals surface area contributed by atoms with Crippen LogP contribution in [0.4, 0.5) is 27.5 Å². The van der Waals surface area contributed by atoms with Crippen LogP contribution >= 0.6 is 23.2 Å². The summed E-state index contributed by atoms with van der Waals surface area (Å²) in [4.78, 5) is 32.3. The maximum Gasteiger partial charge on any atom is 0.417 e. The van der Waals surface area contributed by atoms with Gasteiger partial charge in [0, 0.05) is 59.7 Å². The van der Waals surface area contributed by atoms with Crippen LogP contribution in [0, 0.1) is 6.92 Å². The molecule has 4 aromatic carbocycles. The van der Waals surface area contributed by atoms with Crippen molar-refractivity contribution in [2.45, 2.75) is 6.92 Å². The van der Waals surface area contributed by atoms with Crippen LogP contribution in [0.1, 0.15) is 15.9 Å². The van der Waals surface area contributed by atoms with Gasteiger partial charge in [-0.3, -0.25) is 10.1 Å². The Hall–Kier alpha value is -4.53. The third-order valence-electron chi connectivity index (χ3n) is 6.90. The van der Waals surface area contributed by atoms with Crippen molar-refractivity contribution >= 4 is 79.8 Å². The number of nitrogens with one attached hydrogen (secondary N) is 3. The SMILES string of the molecule is CNC(=O)c1cccc2c(Nc3cc(C)cc(NC(=O)Oc4ccc(N(CCCl)CCCl)cc4)c3)c3ccccc3nc12. The highest BCUT2D eigenvalue weighted by atomic mass is 35.5. The molecule has 0 fully saturated rings. The van der Waals surface area contributed by atoms with Crippen molar-refractivity contribution in [1.29, 1.82) is 0 Å². The molecule has 5 rings (SSSR count). The number of ether oxygens (including phenoxy) is 1. The van der Waals surface area contributed by atoms with Crippen molar-refractivity contribution in [3.8, 4) is 5.75 Å². The third kappa shape index (κ3) is 6.93. The molecular weight excluding hydrogens is 585 g/mol. The van der Waals surface area contributed by atoms with E-state index in [1.165, 1.54) is 0 Å². The van der Waals surface area contributed by atoms with Crippen LogP contribution < -0.4 is 25.6 Å². The van der Waals surface area contributed by atoms with Gasteiger partial charge in [-0.25, -0.2) is 9.78 Å². The molecule has 10 heteroatoms. The fraction of sp³-hybridized carbons (Fsp3) is 0.182. The minimum atomic E-state index is -0.613. The van der Waals surface area contributed by atoms with Crippen molar-refractivity contribution in [3.63, 3.8) is 0 Å². The Balaban J connectivity index is 1.39. The molecule has 0 aliphatic carbocycles. The average Bonchev–Trinajstić information content (AvgIpc) is 3.00. The predicted octanol–water partition coefficient (Wildman–Crippen LogP) is 7.69. The molecule has 3 N–H and O–H groups in total. The van der Waals surface area contributed by atoms with Crippen LogP contribution in [-0.2, 0) is 0 Å². The normalized spacial score (nSPS) is 10.9. The van der Waals surface area contributed by atoms with Crippen molar-refractivity contribution < 1.29 is 14.3 Å². The van der Waals surface area contributed by atoms with Gasteiger partial charge in [0.05, 0.1) is 22.3 Å². The number of carbonyl (C=O) groups is 2. The van der Waals surface area contributed by atoms with Crippen LogP contribution in [0.25, 0.3) is 21.8 Å². The minimum Gasteiger partial charge on any atom is -0.410 e. The van der Waals surface area contributed by atoms with E-state index in [1.807, 2.05) is 73.7 Å². The Morgan fingerprint density at radius 2 is 1.56 bits per heavy atom. The van der Waals surface area contributed by atoms with Gasteiger partial charge < -0.3 is 20.3 Å². The lowest BCUT2D eigenvalue weighted by molar-refractivity contribution is 0.0964. The van der Waals surface area contributed by atoms with E-state index in [2.05, 4.69) is 20.9 Å². The molecule has 0 radical (unpaired) electrons. The molecule has 220 valence electrons. The fourth-order valence-corrected chi connectivity index (χ4v) is 5.40. The zero-order valence-electron chi connectivity index (χ0n) is 23.8. The van der Waals surface area contributed by atoms with Crippen molar-refractivity contribution in [3.05, 3.63) is 96.1 Å². The highest BCUT2D eigenvalue weighted by Crippen LogP contribution is 2.35. The number of nitrogens with zero attached hydrogens (tertiary/aromatic N) is 2. The van der Waals surface area contributed by atoms with Crippen LogP contribution in [-0.4, -0.2) is 48.9 Å². The van der Waals surface area contributed by atoms with E-state index in [4.69, 9.17) is 32.9 Å². The molecule has 8 nitrogen and oxygen atoms in total. The zero-order chi connectivity index (χ0) is 30.3. The third-order valence-corrected chi connectivity index (χ3v) is 7.24. The Labute approximate surface area is 260 Å². The van der Waals surface area contributed by atoms with E-state index >= 15 is 0 Å². The molecule has 2 amide bonds. The molecule has 0 bridgehead atoms. The number of aryl methyl sites for hydroxylation is 1. The lowest BCUT2D eigenvalue weighted by Gasteiger charge is -2.22. The van der Waals surface area contributed by atoms with E-state index in [0.29, 0.717) is 47.4 Å². The first kappa shape index (κ1) is 29.9. The molecule has 1 aromatic heterocycles. The van der Waals surface area contributed by atoms with Crippen molar-refractivity contribution in [2.24, 2.45) is 0 Å². The largest absolute Gasteiger partial charge is 0.417 e. The van der Waals surface area contributed by atoms with E-state index in [9.17, 15) is 9.59 Å². The molecular formula is C33H31Cl2N5O3. The quantitative estimate of drug-likeness (QED) is 0.110. The van der Waals surface area contributed by atoms with Gasteiger partial charge in [-0.1, -0.05) is 30.3 Å². The minimum absolute atomic E-state index is 0.211. The van der Waals surface area contributed by atoms with Gasteiger partial charge in [0.15, 0.2) is 0 Å². The standard InChI is InChI=1S/C33H31Cl2N5O3/c1-21-18-22(20-23(19-21)38-33(42)43-25-12-10-24(11-13-25)40(16-14-34)17-15-35)37-30-26-6-3-4-9-29(26)39-31-27(30)7-5-8-28(31)32(41)36-2/h3-13,18-20H,14-17H2,1-2H3,(H,36,41)(H,37,39)(H,38,42). The van der Waals surface area contributed by atoms with Crippen LogP contribution in [0.3, 0.4) is 0 Å². The predicted molar refractivity (Wildman–Crippen MR) is 177 cm³/mol. The molecule has 0 atom stereocenters. The second-order valence-electron chi connectivity index (χ2n) is 9.87. The number of carbonyl (C=O) groups excluding carboxylic acids is 2. The summed E-state index contributed by atoms with van der Waals surface area (Å²) < 4.78 is 5.55. The summed E-state index contributed by atoms with van der Waals surface area (Å²) in [6.07, 6.45) is -0.613. The molecule has 0 aliphatic rings. The molecule has 1 heterocycles. The van der Waals surface area contributed by atoms with E-state index in [1.54, 1.807) is 25.2 Å². The number of anilines is 4. The Morgan fingerprint density at radius 1 is 0.860 bits per heavy atom.